The number of halogens is 9. The molecule has 0 spiro atoms. The lowest BCUT2D eigenvalue weighted by Gasteiger charge is -2.30. The van der Waals surface area contributed by atoms with E-state index in [0.29, 0.717) is 0 Å². The Hall–Kier alpha value is -1.30. The molecule has 0 aliphatic rings. The summed E-state index contributed by atoms with van der Waals surface area (Å²) < 4.78 is 160. The average Bonchev–Trinajstić information content (AvgIpc) is 2.24. The first-order valence-electron chi connectivity index (χ1n) is 4.37. The Morgan fingerprint density at radius 2 is 1.13 bits per heavy atom. The standard InChI is InChI=1S/C5H2F9NO6S2/c6-2(7,8)1(16)15-22(17,18)4(11,12)3(9,10)5(13,14)23(19,20)21/h(H,15,16)(H,19,20,21). The smallest absolute Gasteiger partial charge is 0.281 e. The minimum absolute atomic E-state index is 0.665. The largest absolute Gasteiger partial charge is 0.472 e. The van der Waals surface area contributed by atoms with Crippen LogP contribution in [0.3, 0.4) is 0 Å². The van der Waals surface area contributed by atoms with Crippen LogP contribution in [0.4, 0.5) is 39.5 Å². The van der Waals surface area contributed by atoms with E-state index in [1.807, 2.05) is 0 Å². The average molecular weight is 407 g/mol. The SMILES string of the molecule is O=C(NS(=O)(=O)C(F)(F)C(F)(F)C(F)(F)S(=O)(=O)O)C(F)(F)F. The molecule has 0 fully saturated rings. The maximum atomic E-state index is 13.0. The summed E-state index contributed by atoms with van der Waals surface area (Å²) >= 11 is 0. The molecule has 0 unspecified atom stereocenters. The second-order valence-corrected chi connectivity index (χ2v) is 6.70. The Bertz CT molecular complexity index is 692. The number of carbonyl (C=O) groups is 1. The molecule has 138 valence electrons. The highest BCUT2D eigenvalue weighted by Crippen LogP contribution is 2.50. The van der Waals surface area contributed by atoms with E-state index < -0.39 is 53.4 Å². The first-order chi connectivity index (χ1) is 9.63. The predicted octanol–water partition coefficient (Wildman–Crippen LogP) is 0.703. The van der Waals surface area contributed by atoms with E-state index in [1.54, 1.807) is 0 Å². The second kappa shape index (κ2) is 5.36. The number of hydrogen-bond acceptors (Lipinski definition) is 5. The van der Waals surface area contributed by atoms with Gasteiger partial charge in [0.1, 0.15) is 0 Å². The number of amides is 1. The molecule has 18 heteroatoms. The summed E-state index contributed by atoms with van der Waals surface area (Å²) in [5.74, 6) is -11.2. The molecule has 0 aliphatic carbocycles. The van der Waals surface area contributed by atoms with Crippen molar-refractivity contribution < 1.29 is 65.7 Å². The van der Waals surface area contributed by atoms with Crippen LogP contribution in [0, 0.1) is 0 Å². The molecule has 0 radical (unpaired) electrons. The highest BCUT2D eigenvalue weighted by molar-refractivity contribution is 7.91. The van der Waals surface area contributed by atoms with Crippen molar-refractivity contribution in [2.24, 2.45) is 0 Å². The van der Waals surface area contributed by atoms with Gasteiger partial charge in [-0.2, -0.15) is 56.3 Å². The molecule has 0 heterocycles. The van der Waals surface area contributed by atoms with E-state index in [0.717, 1.165) is 0 Å². The van der Waals surface area contributed by atoms with E-state index in [4.69, 9.17) is 4.55 Å². The van der Waals surface area contributed by atoms with E-state index in [-0.39, 0.29) is 0 Å². The molecule has 0 aliphatic heterocycles. The monoisotopic (exact) mass is 407 g/mol. The Balaban J connectivity index is 6.12. The van der Waals surface area contributed by atoms with Crippen LogP contribution in [0.25, 0.3) is 0 Å². The molecule has 0 saturated carbocycles. The van der Waals surface area contributed by atoms with Gasteiger partial charge in [-0.25, -0.2) is 4.72 Å². The van der Waals surface area contributed by atoms with Crippen LogP contribution in [0.15, 0.2) is 0 Å². The highest BCUT2D eigenvalue weighted by atomic mass is 32.2. The van der Waals surface area contributed by atoms with E-state index in [9.17, 15) is 61.1 Å². The molecule has 0 bridgehead atoms. The molecule has 1 amide bonds. The van der Waals surface area contributed by atoms with Gasteiger partial charge in [-0.05, 0) is 0 Å². The van der Waals surface area contributed by atoms with Gasteiger partial charge < -0.3 is 0 Å². The van der Waals surface area contributed by atoms with Crippen LogP contribution >= 0.6 is 0 Å². The fraction of sp³-hybridized carbons (Fsp3) is 0.800. The summed E-state index contributed by atoms with van der Waals surface area (Å²) in [5, 5.41) is -14.4. The molecule has 7 nitrogen and oxygen atoms in total. The van der Waals surface area contributed by atoms with Crippen LogP contribution in [-0.2, 0) is 24.9 Å². The van der Waals surface area contributed by atoms with Crippen molar-refractivity contribution in [2.45, 2.75) is 22.6 Å². The summed E-state index contributed by atoms with van der Waals surface area (Å²) in [4.78, 5) is 10.2. The number of nitrogens with one attached hydrogen (secondary N) is 1. The molecule has 0 aromatic heterocycles. The maximum absolute atomic E-state index is 13.0. The second-order valence-electron chi connectivity index (χ2n) is 3.52. The number of carbonyl (C=O) groups excluding carboxylic acids is 1. The summed E-state index contributed by atoms with van der Waals surface area (Å²) in [6.45, 7) is 0. The Labute approximate surface area is 120 Å². The van der Waals surface area contributed by atoms with E-state index in [1.165, 1.54) is 0 Å². The lowest BCUT2D eigenvalue weighted by Crippen LogP contribution is -2.63. The fourth-order valence-corrected chi connectivity index (χ4v) is 2.21. The minimum atomic E-state index is -7.50. The zero-order chi connectivity index (χ0) is 19.3. The van der Waals surface area contributed by atoms with Crippen LogP contribution in [0.5, 0.6) is 0 Å². The van der Waals surface area contributed by atoms with Crippen LogP contribution in [0.2, 0.25) is 0 Å². The quantitative estimate of drug-likeness (QED) is 0.512. The van der Waals surface area contributed by atoms with Gasteiger partial charge in [-0.1, -0.05) is 0 Å². The van der Waals surface area contributed by atoms with Crippen LogP contribution < -0.4 is 4.72 Å². The molecule has 0 aromatic carbocycles. The maximum Gasteiger partial charge on any atom is 0.472 e. The summed E-state index contributed by atoms with van der Waals surface area (Å²) in [5.41, 5.74) is 0. The van der Waals surface area contributed by atoms with Crippen molar-refractivity contribution in [2.75, 3.05) is 0 Å². The van der Waals surface area contributed by atoms with Gasteiger partial charge in [0, 0.05) is 0 Å². The molecular formula is C5H2F9NO6S2. The van der Waals surface area contributed by atoms with E-state index >= 15 is 0 Å². The number of sulfonamides is 1. The first kappa shape index (κ1) is 21.7. The Kier molecular flexibility index (Phi) is 5.06. The number of alkyl halides is 9. The molecular weight excluding hydrogens is 405 g/mol. The lowest BCUT2D eigenvalue weighted by atomic mass is 10.3. The van der Waals surface area contributed by atoms with Crippen molar-refractivity contribution in [3.05, 3.63) is 0 Å². The third-order valence-electron chi connectivity index (χ3n) is 1.88. The fourth-order valence-electron chi connectivity index (χ4n) is 0.744. The van der Waals surface area contributed by atoms with Crippen LogP contribution in [-0.4, -0.2) is 49.9 Å². The van der Waals surface area contributed by atoms with Gasteiger partial charge in [-0.3, -0.25) is 9.35 Å². The molecule has 0 atom stereocenters. The molecule has 0 aromatic rings. The summed E-state index contributed by atoms with van der Waals surface area (Å²) in [6, 6.07) is 0. The third kappa shape index (κ3) is 3.47. The van der Waals surface area contributed by atoms with Gasteiger partial charge in [0.25, 0.3) is 0 Å². The normalized spacial score (nSPS) is 15.4. The van der Waals surface area contributed by atoms with Crippen molar-refractivity contribution >= 4 is 26.0 Å². The van der Waals surface area contributed by atoms with Gasteiger partial charge in [0.05, 0.1) is 0 Å². The molecule has 2 N–H and O–H groups in total. The van der Waals surface area contributed by atoms with Crippen molar-refractivity contribution in [1.29, 1.82) is 0 Å². The first-order valence-corrected chi connectivity index (χ1v) is 7.29. The zero-order valence-corrected chi connectivity index (χ0v) is 11.3. The van der Waals surface area contributed by atoms with Crippen LogP contribution in [0.1, 0.15) is 0 Å². The summed E-state index contributed by atoms with van der Waals surface area (Å²) in [7, 11) is -14.8. The Morgan fingerprint density at radius 1 is 0.783 bits per heavy atom. The Morgan fingerprint density at radius 3 is 1.39 bits per heavy atom. The zero-order valence-electron chi connectivity index (χ0n) is 9.71. The predicted molar refractivity (Wildman–Crippen MR) is 49.5 cm³/mol. The van der Waals surface area contributed by atoms with Gasteiger partial charge >= 0.3 is 48.7 Å². The van der Waals surface area contributed by atoms with Gasteiger partial charge in [-0.15, -0.1) is 0 Å². The van der Waals surface area contributed by atoms with Crippen molar-refractivity contribution in [3.8, 4) is 0 Å². The topological polar surface area (TPSA) is 118 Å². The highest BCUT2D eigenvalue weighted by Gasteiger charge is 2.82. The molecule has 0 rings (SSSR count). The molecule has 0 saturated heterocycles. The number of rotatable bonds is 5. The van der Waals surface area contributed by atoms with Gasteiger partial charge in [0.2, 0.25) is 0 Å². The van der Waals surface area contributed by atoms with Crippen molar-refractivity contribution in [1.82, 2.24) is 4.72 Å². The summed E-state index contributed by atoms with van der Waals surface area (Å²) in [6.07, 6.45) is -6.19. The minimum Gasteiger partial charge on any atom is -0.281 e. The van der Waals surface area contributed by atoms with E-state index in [2.05, 4.69) is 0 Å². The third-order valence-corrected chi connectivity index (χ3v) is 4.17. The number of hydrogen-bond donors (Lipinski definition) is 2. The molecule has 23 heavy (non-hydrogen) atoms. The lowest BCUT2D eigenvalue weighted by molar-refractivity contribution is -0.246. The van der Waals surface area contributed by atoms with Crippen molar-refractivity contribution in [3.63, 3.8) is 0 Å². The van der Waals surface area contributed by atoms with Gasteiger partial charge in [0.15, 0.2) is 0 Å².